The van der Waals surface area contributed by atoms with Gasteiger partial charge in [-0.25, -0.2) is 0 Å². The van der Waals surface area contributed by atoms with E-state index in [2.05, 4.69) is 39.4 Å². The topological polar surface area (TPSA) is 64.7 Å². The third-order valence-corrected chi connectivity index (χ3v) is 3.64. The van der Waals surface area contributed by atoms with Crippen LogP contribution in [-0.2, 0) is 0 Å². The molecule has 0 saturated heterocycles. The van der Waals surface area contributed by atoms with Gasteiger partial charge in [-0.1, -0.05) is 41.1 Å². The van der Waals surface area contributed by atoms with Crippen molar-refractivity contribution in [2.45, 2.75) is 12.8 Å². The molecule has 4 rings (SSSR count). The van der Waals surface area contributed by atoms with Gasteiger partial charge in [0.1, 0.15) is 5.69 Å². The van der Waals surface area contributed by atoms with E-state index >= 15 is 0 Å². The lowest BCUT2D eigenvalue weighted by Gasteiger charge is -1.95. The highest BCUT2D eigenvalue weighted by molar-refractivity contribution is 5.89. The Bertz CT molecular complexity index is 809. The van der Waals surface area contributed by atoms with E-state index in [9.17, 15) is 0 Å². The van der Waals surface area contributed by atoms with Crippen molar-refractivity contribution >= 4 is 5.57 Å². The Kier molecular flexibility index (Phi) is 2.64. The van der Waals surface area contributed by atoms with E-state index in [-0.39, 0.29) is 5.92 Å². The van der Waals surface area contributed by atoms with Crippen LogP contribution in [0, 0.1) is 0 Å². The van der Waals surface area contributed by atoms with Gasteiger partial charge in [-0.2, -0.15) is 10.1 Å². The third kappa shape index (κ3) is 2.03. The van der Waals surface area contributed by atoms with E-state index in [1.54, 1.807) is 12.3 Å². The van der Waals surface area contributed by atoms with Gasteiger partial charge in [0.15, 0.2) is 0 Å². The zero-order valence-electron chi connectivity index (χ0n) is 11.4. The molecule has 0 spiro atoms. The zero-order valence-corrected chi connectivity index (χ0v) is 11.4. The van der Waals surface area contributed by atoms with Gasteiger partial charge in [0.05, 0.1) is 5.92 Å². The number of benzene rings is 1. The van der Waals surface area contributed by atoms with Crippen LogP contribution in [0.5, 0.6) is 0 Å². The van der Waals surface area contributed by atoms with Crippen molar-refractivity contribution in [2.75, 3.05) is 0 Å². The second kappa shape index (κ2) is 4.63. The minimum Gasteiger partial charge on any atom is -0.338 e. The van der Waals surface area contributed by atoms with Crippen LogP contribution in [0.2, 0.25) is 0 Å². The van der Waals surface area contributed by atoms with Crippen molar-refractivity contribution < 1.29 is 4.52 Å². The molecule has 0 bridgehead atoms. The Morgan fingerprint density at radius 2 is 1.90 bits per heavy atom. The van der Waals surface area contributed by atoms with Crippen LogP contribution in [0.25, 0.3) is 17.1 Å². The van der Waals surface area contributed by atoms with E-state index in [1.165, 1.54) is 16.7 Å². The molecule has 0 amide bonds. The third-order valence-electron chi connectivity index (χ3n) is 3.64. The molecule has 5 heteroatoms. The largest absolute Gasteiger partial charge is 0.338 e. The molecule has 3 aromatic rings. The van der Waals surface area contributed by atoms with Gasteiger partial charge in [-0.15, -0.1) is 5.10 Å². The van der Waals surface area contributed by atoms with Crippen LogP contribution < -0.4 is 0 Å². The molecule has 0 N–H and O–H groups in total. The monoisotopic (exact) mass is 276 g/mol. The summed E-state index contributed by atoms with van der Waals surface area (Å²) in [5.74, 6) is 1.22. The van der Waals surface area contributed by atoms with Crippen molar-refractivity contribution in [1.29, 1.82) is 0 Å². The fraction of sp³-hybridized carbons (Fsp3) is 0.125. The molecule has 1 aromatic carbocycles. The van der Waals surface area contributed by atoms with Crippen LogP contribution in [0.1, 0.15) is 24.3 Å². The maximum absolute atomic E-state index is 5.39. The molecule has 0 aliphatic heterocycles. The van der Waals surface area contributed by atoms with Gasteiger partial charge in [-0.3, -0.25) is 0 Å². The van der Waals surface area contributed by atoms with Crippen LogP contribution >= 0.6 is 0 Å². The molecular weight excluding hydrogens is 264 g/mol. The molecule has 0 fully saturated rings. The van der Waals surface area contributed by atoms with E-state index in [1.807, 2.05) is 24.3 Å². The van der Waals surface area contributed by atoms with Crippen LogP contribution in [0.3, 0.4) is 0 Å². The van der Waals surface area contributed by atoms with Gasteiger partial charge < -0.3 is 4.52 Å². The Morgan fingerprint density at radius 1 is 1.05 bits per heavy atom. The van der Waals surface area contributed by atoms with Crippen LogP contribution in [-0.4, -0.2) is 20.3 Å². The molecule has 21 heavy (non-hydrogen) atoms. The summed E-state index contributed by atoms with van der Waals surface area (Å²) in [4.78, 5) is 4.45. The second-order valence-corrected chi connectivity index (χ2v) is 4.96. The highest BCUT2D eigenvalue weighted by atomic mass is 16.5. The predicted molar refractivity (Wildman–Crippen MR) is 77.1 cm³/mol. The first-order valence-electron chi connectivity index (χ1n) is 6.72. The van der Waals surface area contributed by atoms with Crippen molar-refractivity contribution in [3.05, 3.63) is 65.7 Å². The molecule has 2 aromatic heterocycles. The van der Waals surface area contributed by atoms with E-state index in [4.69, 9.17) is 4.52 Å². The summed E-state index contributed by atoms with van der Waals surface area (Å²) in [5, 5.41) is 11.8. The molecular formula is C16H12N4O. The maximum atomic E-state index is 5.39. The first-order chi connectivity index (χ1) is 10.3. The zero-order chi connectivity index (χ0) is 14.2. The predicted octanol–water partition coefficient (Wildman–Crippen LogP) is 3.10. The first kappa shape index (κ1) is 12.0. The smallest absolute Gasteiger partial charge is 0.238 e. The van der Waals surface area contributed by atoms with Crippen molar-refractivity contribution in [2.24, 2.45) is 0 Å². The average molecular weight is 276 g/mol. The lowest BCUT2D eigenvalue weighted by Crippen LogP contribution is -1.89. The number of rotatable bonds is 3. The molecule has 1 aliphatic rings. The molecule has 5 nitrogen and oxygen atoms in total. The van der Waals surface area contributed by atoms with E-state index in [0.717, 1.165) is 0 Å². The number of aromatic nitrogens is 4. The van der Waals surface area contributed by atoms with E-state index in [0.29, 0.717) is 17.4 Å². The molecule has 0 saturated carbocycles. The van der Waals surface area contributed by atoms with Crippen molar-refractivity contribution in [3.63, 3.8) is 0 Å². The van der Waals surface area contributed by atoms with Crippen LogP contribution in [0.4, 0.5) is 0 Å². The normalized spacial score (nSPS) is 17.1. The molecule has 1 atom stereocenters. The fourth-order valence-electron chi connectivity index (χ4n) is 2.53. The SMILES string of the molecule is CC1=C(c2ccccc2)C1c1nc(-c2cccnn2)no1. The summed E-state index contributed by atoms with van der Waals surface area (Å²) in [7, 11) is 0. The van der Waals surface area contributed by atoms with Gasteiger partial charge in [0, 0.05) is 6.20 Å². The molecule has 2 heterocycles. The van der Waals surface area contributed by atoms with E-state index < -0.39 is 0 Å². The lowest BCUT2D eigenvalue weighted by molar-refractivity contribution is 0.383. The Morgan fingerprint density at radius 3 is 2.67 bits per heavy atom. The van der Waals surface area contributed by atoms with Crippen molar-refractivity contribution in [3.8, 4) is 11.5 Å². The second-order valence-electron chi connectivity index (χ2n) is 4.96. The number of hydrogen-bond donors (Lipinski definition) is 0. The summed E-state index contributed by atoms with van der Waals surface area (Å²) in [6.07, 6.45) is 1.62. The number of allylic oxidation sites excluding steroid dienone is 2. The summed E-state index contributed by atoms with van der Waals surface area (Å²) >= 11 is 0. The first-order valence-corrected chi connectivity index (χ1v) is 6.72. The maximum Gasteiger partial charge on any atom is 0.238 e. The molecule has 1 unspecified atom stereocenters. The number of nitrogens with zero attached hydrogens (tertiary/aromatic N) is 4. The summed E-state index contributed by atoms with van der Waals surface area (Å²) in [5.41, 5.74) is 4.37. The minimum absolute atomic E-state index is 0.130. The average Bonchev–Trinajstić information content (AvgIpc) is 2.99. The Hall–Kier alpha value is -2.82. The highest BCUT2D eigenvalue weighted by Gasteiger charge is 2.39. The minimum atomic E-state index is 0.130. The Balaban J connectivity index is 1.62. The molecule has 1 aliphatic carbocycles. The number of hydrogen-bond acceptors (Lipinski definition) is 5. The molecule has 102 valence electrons. The van der Waals surface area contributed by atoms with Crippen molar-refractivity contribution in [1.82, 2.24) is 20.3 Å². The highest BCUT2D eigenvalue weighted by Crippen LogP contribution is 2.53. The van der Waals surface area contributed by atoms with Gasteiger partial charge in [0.2, 0.25) is 11.7 Å². The fourth-order valence-corrected chi connectivity index (χ4v) is 2.53. The quantitative estimate of drug-likeness (QED) is 0.735. The Labute approximate surface area is 121 Å². The van der Waals surface area contributed by atoms with Crippen LogP contribution in [0.15, 0.2) is 58.8 Å². The summed E-state index contributed by atoms with van der Waals surface area (Å²) in [6, 6.07) is 13.9. The lowest BCUT2D eigenvalue weighted by atomic mass is 10.1. The standard InChI is InChI=1S/C16H12N4O/c1-10-13(11-6-3-2-4-7-11)14(10)16-18-15(20-21-16)12-8-5-9-17-19-12/h2-9,14H,1H3. The summed E-state index contributed by atoms with van der Waals surface area (Å²) in [6.45, 7) is 2.10. The van der Waals surface area contributed by atoms with Gasteiger partial charge >= 0.3 is 0 Å². The molecule has 0 radical (unpaired) electrons. The summed E-state index contributed by atoms with van der Waals surface area (Å²) < 4.78 is 5.39. The van der Waals surface area contributed by atoms with Gasteiger partial charge in [-0.05, 0) is 30.2 Å². The van der Waals surface area contributed by atoms with Gasteiger partial charge in [0.25, 0.3) is 0 Å².